The molecule has 1 unspecified atom stereocenters. The summed E-state index contributed by atoms with van der Waals surface area (Å²) in [6.45, 7) is 2.43. The molecular formula is C18H25NO2. The Morgan fingerprint density at radius 1 is 1.19 bits per heavy atom. The third-order valence-electron chi connectivity index (χ3n) is 3.99. The maximum Gasteiger partial charge on any atom is 0.0540 e. The summed E-state index contributed by atoms with van der Waals surface area (Å²) in [5, 5.41) is 18.0. The Bertz CT molecular complexity index is 487. The summed E-state index contributed by atoms with van der Waals surface area (Å²) < 4.78 is 0. The van der Waals surface area contributed by atoms with Crippen molar-refractivity contribution in [2.24, 2.45) is 0 Å². The predicted molar refractivity (Wildman–Crippen MR) is 84.8 cm³/mol. The lowest BCUT2D eigenvalue weighted by Gasteiger charge is -2.35. The molecule has 1 aliphatic rings. The van der Waals surface area contributed by atoms with Gasteiger partial charge in [0.05, 0.1) is 6.61 Å². The van der Waals surface area contributed by atoms with Crippen LogP contribution in [0.25, 0.3) is 0 Å². The first-order chi connectivity index (χ1) is 10.3. The van der Waals surface area contributed by atoms with Gasteiger partial charge in [0.1, 0.15) is 0 Å². The van der Waals surface area contributed by atoms with Gasteiger partial charge < -0.3 is 10.2 Å². The van der Waals surface area contributed by atoms with E-state index in [1.807, 2.05) is 12.1 Å². The Morgan fingerprint density at radius 3 is 2.90 bits per heavy atom. The zero-order valence-electron chi connectivity index (χ0n) is 12.6. The van der Waals surface area contributed by atoms with Crippen LogP contribution in [0.3, 0.4) is 0 Å². The van der Waals surface area contributed by atoms with Gasteiger partial charge in [-0.1, -0.05) is 30.4 Å². The largest absolute Gasteiger partial charge is 0.396 e. The summed E-state index contributed by atoms with van der Waals surface area (Å²) >= 11 is 0. The second kappa shape index (κ2) is 8.84. The molecule has 1 aromatic carbocycles. The highest BCUT2D eigenvalue weighted by atomic mass is 16.3. The molecule has 1 aromatic rings. The number of rotatable bonds is 5. The smallest absolute Gasteiger partial charge is 0.0540 e. The zero-order valence-corrected chi connectivity index (χ0v) is 12.6. The molecule has 0 radical (unpaired) electrons. The van der Waals surface area contributed by atoms with Crippen molar-refractivity contribution >= 4 is 0 Å². The monoisotopic (exact) mass is 287 g/mol. The van der Waals surface area contributed by atoms with E-state index in [0.29, 0.717) is 12.5 Å². The number of aliphatic hydroxyl groups is 2. The van der Waals surface area contributed by atoms with E-state index in [2.05, 4.69) is 28.9 Å². The van der Waals surface area contributed by atoms with E-state index in [1.54, 1.807) is 0 Å². The number of aliphatic hydroxyl groups excluding tert-OH is 2. The molecule has 21 heavy (non-hydrogen) atoms. The molecule has 114 valence electrons. The van der Waals surface area contributed by atoms with Crippen LogP contribution in [-0.2, 0) is 6.54 Å². The standard InChI is InChI=1S/C18H25NO2/c20-12-4-2-6-16-7-5-8-17(14-16)15-19-11-3-1-9-18(19)10-13-21/h5,7-8,14,18,20-21H,1,3-4,9-13,15H2. The minimum atomic E-state index is 0.114. The first kappa shape index (κ1) is 16.0. The van der Waals surface area contributed by atoms with Crippen molar-refractivity contribution in [3.8, 4) is 11.8 Å². The Balaban J connectivity index is 2.01. The molecule has 1 fully saturated rings. The quantitative estimate of drug-likeness (QED) is 0.816. The van der Waals surface area contributed by atoms with Gasteiger partial charge in [-0.05, 0) is 43.5 Å². The molecule has 0 aromatic heterocycles. The Hall–Kier alpha value is -1.34. The summed E-state index contributed by atoms with van der Waals surface area (Å²) in [4.78, 5) is 2.49. The van der Waals surface area contributed by atoms with Crippen molar-refractivity contribution in [2.75, 3.05) is 19.8 Å². The fourth-order valence-corrected chi connectivity index (χ4v) is 2.95. The fourth-order valence-electron chi connectivity index (χ4n) is 2.95. The van der Waals surface area contributed by atoms with Crippen LogP contribution in [0.4, 0.5) is 0 Å². The molecular weight excluding hydrogens is 262 g/mol. The Kier molecular flexibility index (Phi) is 6.75. The molecule has 2 rings (SSSR count). The molecule has 0 amide bonds. The average molecular weight is 287 g/mol. The minimum absolute atomic E-state index is 0.114. The lowest BCUT2D eigenvalue weighted by molar-refractivity contribution is 0.112. The fraction of sp³-hybridized carbons (Fsp3) is 0.556. The number of hydrogen-bond acceptors (Lipinski definition) is 3. The van der Waals surface area contributed by atoms with Gasteiger partial charge in [0.25, 0.3) is 0 Å². The maximum atomic E-state index is 9.20. The SMILES string of the molecule is OCCC#Cc1cccc(CN2CCCCC2CCO)c1. The molecule has 0 spiro atoms. The van der Waals surface area contributed by atoms with Crippen LogP contribution in [0.5, 0.6) is 0 Å². The van der Waals surface area contributed by atoms with Gasteiger partial charge in [0.2, 0.25) is 0 Å². The van der Waals surface area contributed by atoms with Crippen molar-refractivity contribution in [1.29, 1.82) is 0 Å². The molecule has 2 N–H and O–H groups in total. The molecule has 3 heteroatoms. The van der Waals surface area contributed by atoms with Crippen LogP contribution < -0.4 is 0 Å². The zero-order chi connectivity index (χ0) is 14.9. The highest BCUT2D eigenvalue weighted by molar-refractivity contribution is 5.37. The lowest BCUT2D eigenvalue weighted by atomic mass is 9.98. The number of benzene rings is 1. The number of nitrogens with zero attached hydrogens (tertiary/aromatic N) is 1. The molecule has 1 saturated heterocycles. The van der Waals surface area contributed by atoms with Gasteiger partial charge >= 0.3 is 0 Å². The van der Waals surface area contributed by atoms with E-state index in [0.717, 1.165) is 25.1 Å². The van der Waals surface area contributed by atoms with Gasteiger partial charge in [-0.25, -0.2) is 0 Å². The van der Waals surface area contributed by atoms with Gasteiger partial charge in [-0.2, -0.15) is 0 Å². The number of hydrogen-bond donors (Lipinski definition) is 2. The van der Waals surface area contributed by atoms with Crippen LogP contribution >= 0.6 is 0 Å². The molecule has 1 aliphatic heterocycles. The van der Waals surface area contributed by atoms with Crippen molar-refractivity contribution < 1.29 is 10.2 Å². The van der Waals surface area contributed by atoms with Crippen LogP contribution in [0, 0.1) is 11.8 Å². The van der Waals surface area contributed by atoms with E-state index in [-0.39, 0.29) is 13.2 Å². The minimum Gasteiger partial charge on any atom is -0.396 e. The van der Waals surface area contributed by atoms with Crippen molar-refractivity contribution in [2.45, 2.75) is 44.7 Å². The molecule has 1 heterocycles. The van der Waals surface area contributed by atoms with Crippen molar-refractivity contribution in [3.63, 3.8) is 0 Å². The Morgan fingerprint density at radius 2 is 2.10 bits per heavy atom. The highest BCUT2D eigenvalue weighted by Gasteiger charge is 2.21. The van der Waals surface area contributed by atoms with E-state index < -0.39 is 0 Å². The first-order valence-electron chi connectivity index (χ1n) is 7.87. The van der Waals surface area contributed by atoms with Crippen LogP contribution in [0.2, 0.25) is 0 Å². The number of piperidine rings is 1. The summed E-state index contributed by atoms with van der Waals surface area (Å²) in [6.07, 6.45) is 5.10. The van der Waals surface area contributed by atoms with E-state index in [1.165, 1.54) is 24.8 Å². The summed E-state index contributed by atoms with van der Waals surface area (Å²) in [5.41, 5.74) is 2.28. The molecule has 1 atom stereocenters. The molecule has 3 nitrogen and oxygen atoms in total. The maximum absolute atomic E-state index is 9.20. The lowest BCUT2D eigenvalue weighted by Crippen LogP contribution is -2.39. The van der Waals surface area contributed by atoms with Gasteiger partial charge in [0.15, 0.2) is 0 Å². The van der Waals surface area contributed by atoms with Gasteiger partial charge in [0, 0.05) is 31.2 Å². The summed E-state index contributed by atoms with van der Waals surface area (Å²) in [5.74, 6) is 6.06. The van der Waals surface area contributed by atoms with Crippen LogP contribution in [-0.4, -0.2) is 40.9 Å². The predicted octanol–water partition coefficient (Wildman–Crippen LogP) is 2.16. The van der Waals surface area contributed by atoms with Gasteiger partial charge in [-0.15, -0.1) is 0 Å². The Labute approximate surface area is 127 Å². The normalized spacial score (nSPS) is 19.0. The summed E-state index contributed by atoms with van der Waals surface area (Å²) in [6, 6.07) is 8.84. The molecule has 0 bridgehead atoms. The molecule has 0 aliphatic carbocycles. The summed E-state index contributed by atoms with van der Waals surface area (Å²) in [7, 11) is 0. The topological polar surface area (TPSA) is 43.7 Å². The third-order valence-corrected chi connectivity index (χ3v) is 3.99. The average Bonchev–Trinajstić information content (AvgIpc) is 2.50. The van der Waals surface area contributed by atoms with E-state index in [4.69, 9.17) is 5.11 Å². The van der Waals surface area contributed by atoms with E-state index >= 15 is 0 Å². The first-order valence-corrected chi connectivity index (χ1v) is 7.87. The highest BCUT2D eigenvalue weighted by Crippen LogP contribution is 2.22. The third kappa shape index (κ3) is 5.17. The molecule has 0 saturated carbocycles. The van der Waals surface area contributed by atoms with Crippen molar-refractivity contribution in [1.82, 2.24) is 4.90 Å². The van der Waals surface area contributed by atoms with Gasteiger partial charge in [-0.3, -0.25) is 4.90 Å². The van der Waals surface area contributed by atoms with Crippen LogP contribution in [0.1, 0.15) is 43.2 Å². The second-order valence-electron chi connectivity index (χ2n) is 5.61. The van der Waals surface area contributed by atoms with E-state index in [9.17, 15) is 5.11 Å². The van der Waals surface area contributed by atoms with Crippen molar-refractivity contribution in [3.05, 3.63) is 35.4 Å². The number of likely N-dealkylation sites (tertiary alicyclic amines) is 1. The second-order valence-corrected chi connectivity index (χ2v) is 5.61. The van der Waals surface area contributed by atoms with Crippen LogP contribution in [0.15, 0.2) is 24.3 Å².